The molecule has 0 saturated heterocycles. The molecular formula is C10H20N2O. The van der Waals surface area contributed by atoms with Gasteiger partial charge in [-0.3, -0.25) is 0 Å². The van der Waals surface area contributed by atoms with Gasteiger partial charge in [0, 0.05) is 12.3 Å². The van der Waals surface area contributed by atoms with Crippen LogP contribution in [0.3, 0.4) is 0 Å². The Balaban J connectivity index is 0.000000424. The Hall–Kier alpha value is -0.860. The van der Waals surface area contributed by atoms with E-state index in [-0.39, 0.29) is 0 Å². The minimum atomic E-state index is 0.341. The van der Waals surface area contributed by atoms with E-state index in [1.54, 1.807) is 0 Å². The van der Waals surface area contributed by atoms with Crippen molar-refractivity contribution in [3.8, 4) is 0 Å². The van der Waals surface area contributed by atoms with Crippen molar-refractivity contribution in [2.45, 2.75) is 53.4 Å². The van der Waals surface area contributed by atoms with Gasteiger partial charge in [-0.25, -0.2) is 0 Å². The summed E-state index contributed by atoms with van der Waals surface area (Å²) >= 11 is 0. The third kappa shape index (κ3) is 4.65. The Morgan fingerprint density at radius 2 is 1.69 bits per heavy atom. The van der Waals surface area contributed by atoms with Crippen molar-refractivity contribution in [1.29, 1.82) is 0 Å². The van der Waals surface area contributed by atoms with Crippen LogP contribution in [0.4, 0.5) is 0 Å². The predicted molar refractivity (Wildman–Crippen MR) is 53.7 cm³/mol. The second kappa shape index (κ2) is 6.63. The molecule has 13 heavy (non-hydrogen) atoms. The van der Waals surface area contributed by atoms with E-state index in [0.29, 0.717) is 5.92 Å². The van der Waals surface area contributed by atoms with Crippen LogP contribution in [0, 0.1) is 0 Å². The molecule has 1 heterocycles. The lowest BCUT2D eigenvalue weighted by atomic mass is 10.2. The maximum Gasteiger partial charge on any atom is 0.219 e. The predicted octanol–water partition coefficient (Wildman–Crippen LogP) is 3.17. The highest BCUT2D eigenvalue weighted by atomic mass is 16.4. The number of nitrogens with zero attached hydrogens (tertiary/aromatic N) is 2. The van der Waals surface area contributed by atoms with Gasteiger partial charge in [0.1, 0.15) is 0 Å². The Morgan fingerprint density at radius 3 is 1.92 bits per heavy atom. The summed E-state index contributed by atoms with van der Waals surface area (Å²) in [6.07, 6.45) is 2.07. The highest BCUT2D eigenvalue weighted by molar-refractivity contribution is 4.86. The molecule has 3 nitrogen and oxygen atoms in total. The minimum Gasteiger partial charge on any atom is -0.425 e. The zero-order chi connectivity index (χ0) is 10.3. The number of hydrogen-bond donors (Lipinski definition) is 0. The van der Waals surface area contributed by atoms with Crippen molar-refractivity contribution in [2.24, 2.45) is 0 Å². The van der Waals surface area contributed by atoms with E-state index < -0.39 is 0 Å². The van der Waals surface area contributed by atoms with Crippen LogP contribution in [0.15, 0.2) is 4.42 Å². The molecule has 1 rings (SSSR count). The van der Waals surface area contributed by atoms with Gasteiger partial charge in [-0.15, -0.1) is 10.2 Å². The Bertz CT molecular complexity index is 218. The van der Waals surface area contributed by atoms with E-state index in [4.69, 9.17) is 4.42 Å². The van der Waals surface area contributed by atoms with Gasteiger partial charge >= 0.3 is 0 Å². The Kier molecular flexibility index (Phi) is 6.20. The summed E-state index contributed by atoms with van der Waals surface area (Å²) in [5.41, 5.74) is 0. The summed E-state index contributed by atoms with van der Waals surface area (Å²) in [5, 5.41) is 7.71. The SMILES string of the molecule is CCC.CCc1nnc(C(C)C)o1. The van der Waals surface area contributed by atoms with Crippen LogP contribution in [-0.2, 0) is 6.42 Å². The molecule has 0 fully saturated rings. The highest BCUT2D eigenvalue weighted by Gasteiger charge is 2.06. The van der Waals surface area contributed by atoms with Crippen molar-refractivity contribution in [3.63, 3.8) is 0 Å². The smallest absolute Gasteiger partial charge is 0.219 e. The van der Waals surface area contributed by atoms with Crippen molar-refractivity contribution >= 4 is 0 Å². The van der Waals surface area contributed by atoms with Gasteiger partial charge in [-0.2, -0.15) is 0 Å². The van der Waals surface area contributed by atoms with Crippen LogP contribution in [0.2, 0.25) is 0 Å². The van der Waals surface area contributed by atoms with E-state index in [0.717, 1.165) is 18.2 Å². The third-order valence-electron chi connectivity index (χ3n) is 1.28. The quantitative estimate of drug-likeness (QED) is 0.708. The molecule has 0 spiro atoms. The minimum absolute atomic E-state index is 0.341. The van der Waals surface area contributed by atoms with Crippen molar-refractivity contribution in [2.75, 3.05) is 0 Å². The molecule has 1 aromatic heterocycles. The number of aryl methyl sites for hydroxylation is 1. The fourth-order valence-electron chi connectivity index (χ4n) is 0.643. The normalized spacial score (nSPS) is 9.69. The monoisotopic (exact) mass is 184 g/mol. The topological polar surface area (TPSA) is 38.9 Å². The first-order valence-electron chi connectivity index (χ1n) is 4.97. The molecule has 0 aliphatic rings. The van der Waals surface area contributed by atoms with Crippen molar-refractivity contribution in [3.05, 3.63) is 11.8 Å². The van der Waals surface area contributed by atoms with E-state index in [1.807, 2.05) is 20.8 Å². The zero-order valence-electron chi connectivity index (χ0n) is 9.29. The molecule has 76 valence electrons. The Labute approximate surface area is 80.6 Å². The summed E-state index contributed by atoms with van der Waals surface area (Å²) < 4.78 is 5.27. The van der Waals surface area contributed by atoms with E-state index in [1.165, 1.54) is 6.42 Å². The molecule has 0 aromatic carbocycles. The molecule has 0 aliphatic carbocycles. The lowest BCUT2D eigenvalue weighted by molar-refractivity contribution is 0.436. The first-order valence-corrected chi connectivity index (χ1v) is 4.97. The van der Waals surface area contributed by atoms with Crippen molar-refractivity contribution in [1.82, 2.24) is 10.2 Å². The average molecular weight is 184 g/mol. The fraction of sp³-hybridized carbons (Fsp3) is 0.800. The summed E-state index contributed by atoms with van der Waals surface area (Å²) in [4.78, 5) is 0. The number of rotatable bonds is 2. The molecule has 0 unspecified atom stereocenters. The maximum absolute atomic E-state index is 5.27. The highest BCUT2D eigenvalue weighted by Crippen LogP contribution is 2.11. The van der Waals surface area contributed by atoms with Gasteiger partial charge in [-0.1, -0.05) is 41.0 Å². The average Bonchev–Trinajstić information content (AvgIpc) is 2.53. The molecule has 3 heteroatoms. The van der Waals surface area contributed by atoms with Gasteiger partial charge in [0.25, 0.3) is 0 Å². The number of hydrogen-bond acceptors (Lipinski definition) is 3. The standard InChI is InChI=1S/C7H12N2O.C3H8/c1-4-6-8-9-7(10-6)5(2)3;1-3-2/h5H,4H2,1-3H3;3H2,1-2H3. The molecule has 0 saturated carbocycles. The van der Waals surface area contributed by atoms with Crippen LogP contribution < -0.4 is 0 Å². The molecule has 0 radical (unpaired) electrons. The molecule has 1 aromatic rings. The van der Waals surface area contributed by atoms with Crippen LogP contribution >= 0.6 is 0 Å². The maximum atomic E-state index is 5.27. The second-order valence-corrected chi connectivity index (χ2v) is 3.25. The lowest BCUT2D eigenvalue weighted by Gasteiger charge is -1.92. The van der Waals surface area contributed by atoms with Crippen LogP contribution in [-0.4, -0.2) is 10.2 Å². The van der Waals surface area contributed by atoms with Crippen LogP contribution in [0.1, 0.15) is 58.7 Å². The van der Waals surface area contributed by atoms with Gasteiger partial charge in [0.05, 0.1) is 0 Å². The summed E-state index contributed by atoms with van der Waals surface area (Å²) in [5.74, 6) is 1.80. The Morgan fingerprint density at radius 1 is 1.15 bits per heavy atom. The molecule has 0 amide bonds. The molecule has 0 bridgehead atoms. The summed E-state index contributed by atoms with van der Waals surface area (Å²) in [6.45, 7) is 10.3. The van der Waals surface area contributed by atoms with Gasteiger partial charge in [0.15, 0.2) is 0 Å². The zero-order valence-corrected chi connectivity index (χ0v) is 9.29. The third-order valence-corrected chi connectivity index (χ3v) is 1.28. The van der Waals surface area contributed by atoms with Crippen LogP contribution in [0.5, 0.6) is 0 Å². The molecular weight excluding hydrogens is 164 g/mol. The van der Waals surface area contributed by atoms with Crippen LogP contribution in [0.25, 0.3) is 0 Å². The van der Waals surface area contributed by atoms with E-state index in [9.17, 15) is 0 Å². The molecule has 0 atom stereocenters. The largest absolute Gasteiger partial charge is 0.425 e. The van der Waals surface area contributed by atoms with Gasteiger partial charge in [-0.05, 0) is 0 Å². The fourth-order valence-corrected chi connectivity index (χ4v) is 0.643. The first-order chi connectivity index (χ1) is 6.15. The molecule has 0 N–H and O–H groups in total. The summed E-state index contributed by atoms with van der Waals surface area (Å²) in [6, 6.07) is 0. The lowest BCUT2D eigenvalue weighted by Crippen LogP contribution is -1.85. The number of aromatic nitrogens is 2. The van der Waals surface area contributed by atoms with Crippen molar-refractivity contribution < 1.29 is 4.42 Å². The van der Waals surface area contributed by atoms with E-state index in [2.05, 4.69) is 24.0 Å². The summed E-state index contributed by atoms with van der Waals surface area (Å²) in [7, 11) is 0. The van der Waals surface area contributed by atoms with Gasteiger partial charge in [0.2, 0.25) is 11.8 Å². The second-order valence-electron chi connectivity index (χ2n) is 3.25. The first kappa shape index (κ1) is 12.1. The van der Waals surface area contributed by atoms with E-state index >= 15 is 0 Å². The molecule has 0 aliphatic heterocycles. The van der Waals surface area contributed by atoms with Gasteiger partial charge < -0.3 is 4.42 Å².